The Morgan fingerprint density at radius 1 is 1.03 bits per heavy atom. The van der Waals surface area contributed by atoms with E-state index in [-0.39, 0.29) is 18.2 Å². The minimum Gasteiger partial charge on any atom is -0.394 e. The highest BCUT2D eigenvalue weighted by Crippen LogP contribution is 2.26. The van der Waals surface area contributed by atoms with Gasteiger partial charge in [0.15, 0.2) is 0 Å². The summed E-state index contributed by atoms with van der Waals surface area (Å²) in [6.45, 7) is 2.88. The summed E-state index contributed by atoms with van der Waals surface area (Å²) in [7, 11) is 0. The number of amides is 1. The summed E-state index contributed by atoms with van der Waals surface area (Å²) in [5, 5.41) is 9.67. The predicted molar refractivity (Wildman–Crippen MR) is 109 cm³/mol. The molecule has 3 heterocycles. The zero-order valence-corrected chi connectivity index (χ0v) is 16.7. The molecule has 2 aliphatic heterocycles. The SMILES string of the molecule is O=C(c1ccc(F)cc1F)N1CCN(c2cc(N3CCCCC3CO)ncn2)CC1. The molecule has 160 valence electrons. The van der Waals surface area contributed by atoms with E-state index in [1.807, 2.05) is 6.07 Å². The molecule has 1 unspecified atom stereocenters. The normalized spacial score (nSPS) is 19.8. The molecule has 2 saturated heterocycles. The van der Waals surface area contributed by atoms with Crippen LogP contribution in [-0.2, 0) is 0 Å². The molecular formula is C21H25F2N5O2. The van der Waals surface area contributed by atoms with E-state index in [9.17, 15) is 18.7 Å². The third-order valence-corrected chi connectivity index (χ3v) is 5.82. The first-order valence-electron chi connectivity index (χ1n) is 10.3. The van der Waals surface area contributed by atoms with E-state index in [2.05, 4.69) is 19.8 Å². The zero-order chi connectivity index (χ0) is 21.1. The average Bonchev–Trinajstić information content (AvgIpc) is 2.79. The van der Waals surface area contributed by atoms with Crippen LogP contribution in [0.25, 0.3) is 0 Å². The molecule has 1 atom stereocenters. The molecule has 2 fully saturated rings. The molecule has 30 heavy (non-hydrogen) atoms. The second kappa shape index (κ2) is 8.91. The maximum absolute atomic E-state index is 13.9. The van der Waals surface area contributed by atoms with Crippen molar-refractivity contribution in [2.45, 2.75) is 25.3 Å². The van der Waals surface area contributed by atoms with E-state index in [0.717, 1.165) is 49.6 Å². The third-order valence-electron chi connectivity index (χ3n) is 5.82. The quantitative estimate of drug-likeness (QED) is 0.821. The molecular weight excluding hydrogens is 392 g/mol. The summed E-state index contributed by atoms with van der Waals surface area (Å²) >= 11 is 0. The second-order valence-corrected chi connectivity index (χ2v) is 7.66. The number of nitrogens with zero attached hydrogens (tertiary/aromatic N) is 5. The van der Waals surface area contributed by atoms with Crippen LogP contribution < -0.4 is 9.80 Å². The van der Waals surface area contributed by atoms with E-state index >= 15 is 0 Å². The first-order valence-corrected chi connectivity index (χ1v) is 10.3. The minimum absolute atomic E-state index is 0.0709. The van der Waals surface area contributed by atoms with Crippen molar-refractivity contribution < 1.29 is 18.7 Å². The Bertz CT molecular complexity index is 905. The lowest BCUT2D eigenvalue weighted by atomic mass is 10.0. The second-order valence-electron chi connectivity index (χ2n) is 7.66. The van der Waals surface area contributed by atoms with Crippen LogP contribution in [0.3, 0.4) is 0 Å². The molecule has 2 aromatic rings. The van der Waals surface area contributed by atoms with Crippen molar-refractivity contribution in [3.05, 3.63) is 47.8 Å². The zero-order valence-electron chi connectivity index (χ0n) is 16.7. The highest BCUT2D eigenvalue weighted by molar-refractivity contribution is 5.94. The Morgan fingerprint density at radius 2 is 1.80 bits per heavy atom. The van der Waals surface area contributed by atoms with Crippen LogP contribution in [-0.4, -0.2) is 71.3 Å². The molecule has 1 amide bonds. The van der Waals surface area contributed by atoms with Crippen LogP contribution in [0.15, 0.2) is 30.6 Å². The summed E-state index contributed by atoms with van der Waals surface area (Å²) in [6, 6.07) is 5.00. The van der Waals surface area contributed by atoms with E-state index in [1.165, 1.54) is 12.4 Å². The fraction of sp³-hybridized carbons (Fsp3) is 0.476. The Hall–Kier alpha value is -2.81. The third kappa shape index (κ3) is 4.21. The molecule has 9 heteroatoms. The summed E-state index contributed by atoms with van der Waals surface area (Å²) < 4.78 is 27.0. The number of anilines is 2. The van der Waals surface area contributed by atoms with Gasteiger partial charge in [-0.15, -0.1) is 0 Å². The number of piperidine rings is 1. The van der Waals surface area contributed by atoms with Gasteiger partial charge in [0.2, 0.25) is 0 Å². The van der Waals surface area contributed by atoms with Crippen LogP contribution in [0, 0.1) is 11.6 Å². The van der Waals surface area contributed by atoms with Crippen molar-refractivity contribution >= 4 is 17.5 Å². The van der Waals surface area contributed by atoms with E-state index in [4.69, 9.17) is 0 Å². The van der Waals surface area contributed by atoms with Crippen molar-refractivity contribution in [3.8, 4) is 0 Å². The molecule has 0 spiro atoms. The van der Waals surface area contributed by atoms with Gasteiger partial charge in [-0.05, 0) is 31.4 Å². The summed E-state index contributed by atoms with van der Waals surface area (Å²) in [4.78, 5) is 27.1. The van der Waals surface area contributed by atoms with Gasteiger partial charge in [0, 0.05) is 44.9 Å². The molecule has 1 aromatic carbocycles. The van der Waals surface area contributed by atoms with Crippen LogP contribution in [0.1, 0.15) is 29.6 Å². The fourth-order valence-electron chi connectivity index (χ4n) is 4.13. The Labute approximate surface area is 173 Å². The predicted octanol–water partition coefficient (Wildman–Crippen LogP) is 2.07. The number of hydrogen-bond donors (Lipinski definition) is 1. The molecule has 0 bridgehead atoms. The molecule has 0 saturated carbocycles. The number of rotatable bonds is 4. The van der Waals surface area contributed by atoms with Gasteiger partial charge in [0.1, 0.15) is 29.6 Å². The van der Waals surface area contributed by atoms with Crippen LogP contribution >= 0.6 is 0 Å². The lowest BCUT2D eigenvalue weighted by Gasteiger charge is -2.37. The van der Waals surface area contributed by atoms with Gasteiger partial charge in [-0.25, -0.2) is 18.7 Å². The number of aromatic nitrogens is 2. The van der Waals surface area contributed by atoms with E-state index in [1.54, 1.807) is 4.90 Å². The lowest BCUT2D eigenvalue weighted by molar-refractivity contribution is 0.0741. The number of carbonyl (C=O) groups excluding carboxylic acids is 1. The molecule has 2 aliphatic rings. The number of piperazine rings is 1. The van der Waals surface area contributed by atoms with Crippen molar-refractivity contribution in [2.24, 2.45) is 0 Å². The first kappa shape index (κ1) is 20.5. The van der Waals surface area contributed by atoms with Gasteiger partial charge in [-0.2, -0.15) is 0 Å². The van der Waals surface area contributed by atoms with E-state index < -0.39 is 17.5 Å². The van der Waals surface area contributed by atoms with Crippen LogP contribution in [0.4, 0.5) is 20.4 Å². The van der Waals surface area contributed by atoms with Gasteiger partial charge >= 0.3 is 0 Å². The summed E-state index contributed by atoms with van der Waals surface area (Å²) in [5.74, 6) is -0.420. The lowest BCUT2D eigenvalue weighted by Crippen LogP contribution is -2.49. The van der Waals surface area contributed by atoms with Crippen molar-refractivity contribution in [1.29, 1.82) is 0 Å². The smallest absolute Gasteiger partial charge is 0.256 e. The topological polar surface area (TPSA) is 72.8 Å². The molecule has 1 N–H and O–H groups in total. The van der Waals surface area contributed by atoms with Gasteiger partial charge in [0.25, 0.3) is 5.91 Å². The van der Waals surface area contributed by atoms with Crippen LogP contribution in [0.2, 0.25) is 0 Å². The highest BCUT2D eigenvalue weighted by Gasteiger charge is 2.27. The Kier molecular flexibility index (Phi) is 6.08. The monoisotopic (exact) mass is 417 g/mol. The van der Waals surface area contributed by atoms with Crippen molar-refractivity contribution in [3.63, 3.8) is 0 Å². The van der Waals surface area contributed by atoms with Crippen molar-refractivity contribution in [1.82, 2.24) is 14.9 Å². The van der Waals surface area contributed by atoms with Gasteiger partial charge in [-0.3, -0.25) is 4.79 Å². The minimum atomic E-state index is -0.845. The summed E-state index contributed by atoms with van der Waals surface area (Å²) in [6.07, 6.45) is 4.64. The molecule has 0 aliphatic carbocycles. The highest BCUT2D eigenvalue weighted by atomic mass is 19.1. The standard InChI is InChI=1S/C21H25F2N5O2/c22-15-4-5-17(18(23)11-15)21(30)27-9-7-26(8-10-27)19-12-20(25-14-24-19)28-6-2-1-3-16(28)13-29/h4-5,11-12,14,16,29H,1-3,6-10,13H2. The Balaban J connectivity index is 1.42. The molecule has 4 rings (SSSR count). The number of aliphatic hydroxyl groups excluding tert-OH is 1. The van der Waals surface area contributed by atoms with Crippen LogP contribution in [0.5, 0.6) is 0 Å². The molecule has 0 radical (unpaired) electrons. The summed E-state index contributed by atoms with van der Waals surface area (Å²) in [5.41, 5.74) is -0.116. The number of carbonyl (C=O) groups is 1. The van der Waals surface area contributed by atoms with Gasteiger partial charge in [-0.1, -0.05) is 0 Å². The number of benzene rings is 1. The van der Waals surface area contributed by atoms with Crippen molar-refractivity contribution in [2.75, 3.05) is 49.1 Å². The number of hydrogen-bond acceptors (Lipinski definition) is 6. The van der Waals surface area contributed by atoms with E-state index in [0.29, 0.717) is 26.2 Å². The fourth-order valence-corrected chi connectivity index (χ4v) is 4.13. The maximum atomic E-state index is 13.9. The van der Waals surface area contributed by atoms with Gasteiger partial charge < -0.3 is 19.8 Å². The molecule has 7 nitrogen and oxygen atoms in total. The Morgan fingerprint density at radius 3 is 2.53 bits per heavy atom. The average molecular weight is 417 g/mol. The number of halogens is 2. The largest absolute Gasteiger partial charge is 0.394 e. The maximum Gasteiger partial charge on any atom is 0.256 e. The first-order chi connectivity index (χ1) is 14.6. The van der Waals surface area contributed by atoms with Gasteiger partial charge in [0.05, 0.1) is 18.2 Å². The number of aliphatic hydroxyl groups is 1. The molecule has 1 aromatic heterocycles.